The standard InChI is InChI=1S/C7H13N/c8-7-2-1-5-3-6(7)4-5/h5-7H,1-4,8H2. The molecule has 3 aliphatic carbocycles. The highest BCUT2D eigenvalue weighted by Gasteiger charge is 2.37. The second-order valence-electron chi connectivity index (χ2n) is 3.34. The average Bonchev–Trinajstić information content (AvgIpc) is 1.62. The van der Waals surface area contributed by atoms with Gasteiger partial charge in [-0.05, 0) is 37.5 Å². The lowest BCUT2D eigenvalue weighted by Gasteiger charge is -2.45. The summed E-state index contributed by atoms with van der Waals surface area (Å²) in [5.74, 6) is 2.01. The first-order chi connectivity index (χ1) is 3.86. The van der Waals surface area contributed by atoms with Crippen molar-refractivity contribution in [3.63, 3.8) is 0 Å². The zero-order chi connectivity index (χ0) is 5.56. The molecule has 0 aromatic carbocycles. The summed E-state index contributed by atoms with van der Waals surface area (Å²) in [4.78, 5) is 0. The van der Waals surface area contributed by atoms with Crippen LogP contribution in [0.1, 0.15) is 25.7 Å². The predicted molar refractivity (Wildman–Crippen MR) is 33.4 cm³/mol. The Morgan fingerprint density at radius 1 is 1.12 bits per heavy atom. The van der Waals surface area contributed by atoms with Gasteiger partial charge in [0.2, 0.25) is 0 Å². The molecule has 2 N–H and O–H groups in total. The quantitative estimate of drug-likeness (QED) is 0.498. The second-order valence-corrected chi connectivity index (χ2v) is 3.34. The van der Waals surface area contributed by atoms with Crippen LogP contribution in [0.4, 0.5) is 0 Å². The smallest absolute Gasteiger partial charge is 0.00674 e. The minimum atomic E-state index is 0.569. The molecule has 0 heterocycles. The molecule has 3 saturated carbocycles. The van der Waals surface area contributed by atoms with Crippen LogP contribution in [0.15, 0.2) is 0 Å². The fourth-order valence-electron chi connectivity index (χ4n) is 2.04. The molecule has 0 saturated heterocycles. The van der Waals surface area contributed by atoms with Crippen LogP contribution >= 0.6 is 0 Å². The molecule has 46 valence electrons. The molecule has 3 aliphatic rings. The van der Waals surface area contributed by atoms with Crippen LogP contribution in [0.5, 0.6) is 0 Å². The maximum atomic E-state index is 5.82. The van der Waals surface area contributed by atoms with E-state index in [2.05, 4.69) is 0 Å². The van der Waals surface area contributed by atoms with Gasteiger partial charge >= 0.3 is 0 Å². The minimum absolute atomic E-state index is 0.569. The van der Waals surface area contributed by atoms with Crippen molar-refractivity contribution in [2.24, 2.45) is 17.6 Å². The van der Waals surface area contributed by atoms with E-state index in [1.807, 2.05) is 0 Å². The summed E-state index contributed by atoms with van der Waals surface area (Å²) in [6, 6.07) is 0.569. The van der Waals surface area contributed by atoms with E-state index in [1.165, 1.54) is 25.7 Å². The topological polar surface area (TPSA) is 26.0 Å². The Balaban J connectivity index is 2.01. The Morgan fingerprint density at radius 2 is 1.88 bits per heavy atom. The predicted octanol–water partition coefficient (Wildman–Crippen LogP) is 1.13. The van der Waals surface area contributed by atoms with Gasteiger partial charge in [-0.1, -0.05) is 0 Å². The number of hydrogen-bond acceptors (Lipinski definition) is 1. The molecule has 0 aromatic rings. The summed E-state index contributed by atoms with van der Waals surface area (Å²) in [5, 5.41) is 0. The van der Waals surface area contributed by atoms with Crippen LogP contribution in [0, 0.1) is 11.8 Å². The molecule has 1 atom stereocenters. The Bertz CT molecular complexity index is 89.1. The van der Waals surface area contributed by atoms with E-state index in [4.69, 9.17) is 5.73 Å². The molecule has 8 heavy (non-hydrogen) atoms. The Morgan fingerprint density at radius 3 is 2.12 bits per heavy atom. The van der Waals surface area contributed by atoms with Gasteiger partial charge in [-0.2, -0.15) is 0 Å². The third-order valence-corrected chi connectivity index (χ3v) is 2.79. The van der Waals surface area contributed by atoms with E-state index >= 15 is 0 Å². The summed E-state index contributed by atoms with van der Waals surface area (Å²) in [6.45, 7) is 0. The van der Waals surface area contributed by atoms with E-state index in [0.29, 0.717) is 6.04 Å². The minimum Gasteiger partial charge on any atom is -0.327 e. The van der Waals surface area contributed by atoms with Gasteiger partial charge < -0.3 is 5.73 Å². The zero-order valence-electron chi connectivity index (χ0n) is 5.14. The van der Waals surface area contributed by atoms with Crippen LogP contribution in [0.25, 0.3) is 0 Å². The maximum Gasteiger partial charge on any atom is 0.00674 e. The molecule has 1 unspecified atom stereocenters. The van der Waals surface area contributed by atoms with E-state index in [1.54, 1.807) is 0 Å². The third kappa shape index (κ3) is 0.510. The molecule has 0 amide bonds. The fraction of sp³-hybridized carbons (Fsp3) is 1.00. The van der Waals surface area contributed by atoms with Gasteiger partial charge in [0, 0.05) is 6.04 Å². The average molecular weight is 111 g/mol. The first-order valence-electron chi connectivity index (χ1n) is 3.62. The highest BCUT2D eigenvalue weighted by molar-refractivity contribution is 4.92. The summed E-state index contributed by atoms with van der Waals surface area (Å²) in [6.07, 6.45) is 5.61. The monoisotopic (exact) mass is 111 g/mol. The number of nitrogens with two attached hydrogens (primary N) is 1. The van der Waals surface area contributed by atoms with Crippen molar-refractivity contribution in [1.29, 1.82) is 0 Å². The lowest BCUT2D eigenvalue weighted by molar-refractivity contribution is 0.0917. The number of rotatable bonds is 0. The molecular weight excluding hydrogens is 98.1 g/mol. The van der Waals surface area contributed by atoms with Gasteiger partial charge in [-0.25, -0.2) is 0 Å². The molecule has 1 heteroatoms. The third-order valence-electron chi connectivity index (χ3n) is 2.79. The molecule has 3 rings (SSSR count). The van der Waals surface area contributed by atoms with E-state index in [9.17, 15) is 0 Å². The van der Waals surface area contributed by atoms with Crippen molar-refractivity contribution in [3.8, 4) is 0 Å². The second kappa shape index (κ2) is 1.47. The molecule has 2 bridgehead atoms. The molecule has 0 aliphatic heterocycles. The van der Waals surface area contributed by atoms with Crippen LogP contribution in [0.3, 0.4) is 0 Å². The summed E-state index contributed by atoms with van der Waals surface area (Å²) in [7, 11) is 0. The van der Waals surface area contributed by atoms with Crippen LogP contribution < -0.4 is 5.73 Å². The SMILES string of the molecule is NC1CCC2CC1C2. The van der Waals surface area contributed by atoms with Crippen molar-refractivity contribution >= 4 is 0 Å². The van der Waals surface area contributed by atoms with E-state index in [0.717, 1.165) is 11.8 Å². The maximum absolute atomic E-state index is 5.82. The molecular formula is C7H13N. The summed E-state index contributed by atoms with van der Waals surface area (Å²) >= 11 is 0. The Hall–Kier alpha value is -0.0400. The largest absolute Gasteiger partial charge is 0.327 e. The first kappa shape index (κ1) is 4.80. The first-order valence-corrected chi connectivity index (χ1v) is 3.62. The number of fused-ring (bicyclic) bond motifs is 2. The van der Waals surface area contributed by atoms with E-state index < -0.39 is 0 Å². The van der Waals surface area contributed by atoms with Crippen molar-refractivity contribution in [2.75, 3.05) is 0 Å². The molecule has 0 aromatic heterocycles. The van der Waals surface area contributed by atoms with Crippen LogP contribution in [-0.4, -0.2) is 6.04 Å². The van der Waals surface area contributed by atoms with Gasteiger partial charge in [-0.15, -0.1) is 0 Å². The van der Waals surface area contributed by atoms with Crippen molar-refractivity contribution in [3.05, 3.63) is 0 Å². The molecule has 3 fully saturated rings. The number of hydrogen-bond donors (Lipinski definition) is 1. The van der Waals surface area contributed by atoms with Crippen molar-refractivity contribution in [2.45, 2.75) is 31.7 Å². The van der Waals surface area contributed by atoms with Gasteiger partial charge in [0.25, 0.3) is 0 Å². The van der Waals surface area contributed by atoms with Crippen molar-refractivity contribution < 1.29 is 0 Å². The van der Waals surface area contributed by atoms with Gasteiger partial charge in [-0.3, -0.25) is 0 Å². The lowest BCUT2D eigenvalue weighted by atomic mass is 9.63. The Kier molecular flexibility index (Phi) is 0.884. The van der Waals surface area contributed by atoms with Gasteiger partial charge in [0.05, 0.1) is 0 Å². The molecule has 0 radical (unpaired) electrons. The highest BCUT2D eigenvalue weighted by atomic mass is 14.7. The lowest BCUT2D eigenvalue weighted by Crippen LogP contribution is -2.44. The summed E-state index contributed by atoms with van der Waals surface area (Å²) < 4.78 is 0. The molecule has 1 nitrogen and oxygen atoms in total. The van der Waals surface area contributed by atoms with Gasteiger partial charge in [0.1, 0.15) is 0 Å². The van der Waals surface area contributed by atoms with E-state index in [-0.39, 0.29) is 0 Å². The van der Waals surface area contributed by atoms with Crippen LogP contribution in [-0.2, 0) is 0 Å². The van der Waals surface area contributed by atoms with Crippen molar-refractivity contribution in [1.82, 2.24) is 0 Å². The Labute approximate surface area is 50.3 Å². The summed E-state index contributed by atoms with van der Waals surface area (Å²) in [5.41, 5.74) is 5.82. The van der Waals surface area contributed by atoms with Gasteiger partial charge in [0.15, 0.2) is 0 Å². The van der Waals surface area contributed by atoms with Crippen LogP contribution in [0.2, 0.25) is 0 Å². The highest BCUT2D eigenvalue weighted by Crippen LogP contribution is 2.44. The normalized spacial score (nSPS) is 52.9. The fourth-order valence-corrected chi connectivity index (χ4v) is 2.04. The zero-order valence-corrected chi connectivity index (χ0v) is 5.14. The molecule has 0 spiro atoms.